The third-order valence-electron chi connectivity index (χ3n) is 5.37. The molecule has 2 aliphatic rings. The maximum Gasteiger partial charge on any atom is 0.289 e. The Bertz CT molecular complexity index is 747. The molecule has 3 rings (SSSR count). The summed E-state index contributed by atoms with van der Waals surface area (Å²) in [5.74, 6) is -0.294. The molecule has 2 amide bonds. The van der Waals surface area contributed by atoms with E-state index in [1.807, 2.05) is 0 Å². The molecule has 0 spiro atoms. The van der Waals surface area contributed by atoms with Gasteiger partial charge in [-0.1, -0.05) is 38.5 Å². The normalized spacial score (nSPS) is 23.5. The smallest absolute Gasteiger partial charge is 0.289 e. The Hall–Kier alpha value is -2.37. The van der Waals surface area contributed by atoms with Crippen molar-refractivity contribution in [3.63, 3.8) is 0 Å². The average molecular weight is 388 g/mol. The van der Waals surface area contributed by atoms with Gasteiger partial charge < -0.3 is 15.0 Å². The summed E-state index contributed by atoms with van der Waals surface area (Å²) >= 11 is 0. The second-order valence-corrected chi connectivity index (χ2v) is 8.00. The number of ether oxygens (including phenoxy) is 1. The van der Waals surface area contributed by atoms with Crippen LogP contribution in [0.25, 0.3) is 6.08 Å². The first-order chi connectivity index (χ1) is 13.5. The van der Waals surface area contributed by atoms with Gasteiger partial charge in [0.1, 0.15) is 18.5 Å². The van der Waals surface area contributed by atoms with Crippen molar-refractivity contribution in [3.05, 3.63) is 41.4 Å². The number of hydrogen-bond donors (Lipinski definition) is 1. The largest absolute Gasteiger partial charge is 0.482 e. The number of carbonyl (C=O) groups is 2. The molecule has 1 saturated heterocycles. The second kappa shape index (κ2) is 9.22. The first-order valence-electron chi connectivity index (χ1n) is 10.2. The number of nitrogens with one attached hydrogen (secondary N) is 1. The van der Waals surface area contributed by atoms with Gasteiger partial charge in [0.25, 0.3) is 5.91 Å². The van der Waals surface area contributed by atoms with Crippen LogP contribution >= 0.6 is 0 Å². The number of hydrogen-bond acceptors (Lipinski definition) is 3. The molecular formula is C22H29FN2O3. The van der Waals surface area contributed by atoms with Crippen LogP contribution in [0.3, 0.4) is 0 Å². The van der Waals surface area contributed by atoms with Crippen molar-refractivity contribution >= 4 is 17.9 Å². The zero-order valence-corrected chi connectivity index (χ0v) is 16.6. The summed E-state index contributed by atoms with van der Waals surface area (Å²) in [6, 6.07) is 6.17. The van der Waals surface area contributed by atoms with Crippen LogP contribution in [-0.4, -0.2) is 41.9 Å². The van der Waals surface area contributed by atoms with E-state index in [1.54, 1.807) is 23.1 Å². The van der Waals surface area contributed by atoms with Crippen LogP contribution in [0, 0.1) is 11.7 Å². The zero-order chi connectivity index (χ0) is 20.1. The van der Waals surface area contributed by atoms with Gasteiger partial charge in [0.15, 0.2) is 5.76 Å². The van der Waals surface area contributed by atoms with Crippen molar-refractivity contribution in [1.82, 2.24) is 10.2 Å². The van der Waals surface area contributed by atoms with Crippen LogP contribution < -0.4 is 5.32 Å². The third-order valence-corrected chi connectivity index (χ3v) is 5.37. The fraction of sp³-hybridized carbons (Fsp3) is 0.545. The number of nitrogens with zero attached hydrogens (tertiary/aromatic N) is 1. The van der Waals surface area contributed by atoms with Crippen molar-refractivity contribution in [2.24, 2.45) is 5.92 Å². The quantitative estimate of drug-likeness (QED) is 0.759. The Labute approximate surface area is 165 Å². The molecule has 28 heavy (non-hydrogen) atoms. The number of fused-ring (bicyclic) bond motifs is 1. The van der Waals surface area contributed by atoms with Crippen molar-refractivity contribution in [3.8, 4) is 0 Å². The molecule has 5 nitrogen and oxygen atoms in total. The van der Waals surface area contributed by atoms with E-state index in [0.717, 1.165) is 32.1 Å². The van der Waals surface area contributed by atoms with Gasteiger partial charge in [0, 0.05) is 12.1 Å². The first-order valence-corrected chi connectivity index (χ1v) is 10.2. The number of carbonyl (C=O) groups excluding carboxylic acids is 2. The number of morpholine rings is 1. The standard InChI is InChI=1S/C22H29FN2O3/c1-15(2)11-12-24-21(26)14-25-18-9-5-6-10-19(18)28-20(22(25)27)13-16-7-3-4-8-17(16)23/h3-4,7-8,13,15,18-19H,5-6,9-12,14H2,1-2H3,(H,24,26)/b20-13-. The predicted octanol–water partition coefficient (Wildman–Crippen LogP) is 3.50. The summed E-state index contributed by atoms with van der Waals surface area (Å²) in [7, 11) is 0. The van der Waals surface area contributed by atoms with Crippen molar-refractivity contribution in [2.75, 3.05) is 13.1 Å². The Kier molecular flexibility index (Phi) is 6.70. The lowest BCUT2D eigenvalue weighted by atomic mass is 9.89. The molecule has 0 radical (unpaired) electrons. The summed E-state index contributed by atoms with van der Waals surface area (Å²) in [4.78, 5) is 27.1. The fourth-order valence-electron chi connectivity index (χ4n) is 3.81. The van der Waals surface area contributed by atoms with Gasteiger partial charge in [-0.05, 0) is 43.7 Å². The van der Waals surface area contributed by atoms with Crippen molar-refractivity contribution < 1.29 is 18.7 Å². The minimum absolute atomic E-state index is 0.00999. The number of amides is 2. The molecule has 0 bridgehead atoms. The highest BCUT2D eigenvalue weighted by molar-refractivity contribution is 5.98. The molecule has 152 valence electrons. The molecule has 1 aromatic rings. The average Bonchev–Trinajstić information content (AvgIpc) is 2.66. The lowest BCUT2D eigenvalue weighted by molar-refractivity contribution is -0.151. The molecule has 1 aliphatic carbocycles. The number of benzene rings is 1. The molecular weight excluding hydrogens is 359 g/mol. The monoisotopic (exact) mass is 388 g/mol. The van der Waals surface area contributed by atoms with Crippen LogP contribution in [0.15, 0.2) is 30.0 Å². The van der Waals surface area contributed by atoms with Gasteiger partial charge in [-0.15, -0.1) is 0 Å². The summed E-state index contributed by atoms with van der Waals surface area (Å²) < 4.78 is 20.0. The Morgan fingerprint density at radius 3 is 2.82 bits per heavy atom. The second-order valence-electron chi connectivity index (χ2n) is 8.00. The minimum Gasteiger partial charge on any atom is -0.482 e. The Morgan fingerprint density at radius 2 is 2.07 bits per heavy atom. The van der Waals surface area contributed by atoms with E-state index >= 15 is 0 Å². The van der Waals surface area contributed by atoms with Gasteiger partial charge >= 0.3 is 0 Å². The van der Waals surface area contributed by atoms with E-state index in [9.17, 15) is 14.0 Å². The molecule has 1 aliphatic heterocycles. The van der Waals surface area contributed by atoms with Gasteiger partial charge in [-0.2, -0.15) is 0 Å². The summed E-state index contributed by atoms with van der Waals surface area (Å²) in [5.41, 5.74) is 0.307. The summed E-state index contributed by atoms with van der Waals surface area (Å²) in [6.45, 7) is 4.81. The fourth-order valence-corrected chi connectivity index (χ4v) is 3.81. The van der Waals surface area contributed by atoms with E-state index in [4.69, 9.17) is 4.74 Å². The van der Waals surface area contributed by atoms with Crippen molar-refractivity contribution in [1.29, 1.82) is 0 Å². The van der Waals surface area contributed by atoms with Gasteiger partial charge in [-0.3, -0.25) is 9.59 Å². The maximum absolute atomic E-state index is 14.0. The lowest BCUT2D eigenvalue weighted by Gasteiger charge is -2.44. The van der Waals surface area contributed by atoms with E-state index in [0.29, 0.717) is 18.0 Å². The molecule has 1 heterocycles. The van der Waals surface area contributed by atoms with Crippen LogP contribution in [0.2, 0.25) is 0 Å². The molecule has 2 unspecified atom stereocenters. The zero-order valence-electron chi connectivity index (χ0n) is 16.6. The first kappa shape index (κ1) is 20.4. The van der Waals surface area contributed by atoms with Gasteiger partial charge in [0.2, 0.25) is 5.91 Å². The molecule has 1 N–H and O–H groups in total. The van der Waals surface area contributed by atoms with E-state index < -0.39 is 5.82 Å². The maximum atomic E-state index is 14.0. The van der Waals surface area contributed by atoms with Crippen molar-refractivity contribution in [2.45, 2.75) is 58.1 Å². The Morgan fingerprint density at radius 1 is 1.32 bits per heavy atom. The number of rotatable bonds is 6. The van der Waals surface area contributed by atoms with Crippen LogP contribution in [0.5, 0.6) is 0 Å². The summed E-state index contributed by atoms with van der Waals surface area (Å²) in [5, 5.41) is 2.90. The van der Waals surface area contributed by atoms with Crippen LogP contribution in [-0.2, 0) is 14.3 Å². The lowest BCUT2D eigenvalue weighted by Crippen LogP contribution is -2.57. The van der Waals surface area contributed by atoms with Crippen LogP contribution in [0.4, 0.5) is 4.39 Å². The SMILES string of the molecule is CC(C)CCNC(=O)CN1C(=O)/C(=C/c2ccccc2F)OC2CCCCC21. The Balaban J connectivity index is 1.77. The van der Waals surface area contributed by atoms with Gasteiger partial charge in [-0.25, -0.2) is 4.39 Å². The molecule has 1 aromatic carbocycles. The van der Waals surface area contributed by atoms with E-state index in [2.05, 4.69) is 19.2 Å². The molecule has 0 aromatic heterocycles. The summed E-state index contributed by atoms with van der Waals surface area (Å²) in [6.07, 6.45) is 5.89. The highest BCUT2D eigenvalue weighted by atomic mass is 19.1. The molecule has 2 atom stereocenters. The van der Waals surface area contributed by atoms with E-state index in [1.165, 1.54) is 12.1 Å². The van der Waals surface area contributed by atoms with E-state index in [-0.39, 0.29) is 36.3 Å². The highest BCUT2D eigenvalue weighted by Gasteiger charge is 2.42. The topological polar surface area (TPSA) is 58.6 Å². The molecule has 1 saturated carbocycles. The third kappa shape index (κ3) is 4.91. The highest BCUT2D eigenvalue weighted by Crippen LogP contribution is 2.33. The molecule has 6 heteroatoms. The minimum atomic E-state index is -0.407. The molecule has 2 fully saturated rings. The van der Waals surface area contributed by atoms with Gasteiger partial charge in [0.05, 0.1) is 6.04 Å². The number of halogens is 1. The predicted molar refractivity (Wildman–Crippen MR) is 106 cm³/mol. The van der Waals surface area contributed by atoms with Crippen LogP contribution in [0.1, 0.15) is 51.5 Å².